The summed E-state index contributed by atoms with van der Waals surface area (Å²) in [7, 11) is 1.98. The van der Waals surface area contributed by atoms with Crippen LogP contribution in [0.5, 0.6) is 0 Å². The zero-order valence-electron chi connectivity index (χ0n) is 8.15. The van der Waals surface area contributed by atoms with Gasteiger partial charge in [-0.15, -0.1) is 0 Å². The number of anilines is 1. The van der Waals surface area contributed by atoms with Gasteiger partial charge in [-0.2, -0.15) is 0 Å². The SMILES string of the molecule is CCc1ccc(CC)c(NC)c1. The normalized spacial score (nSPS) is 9.92. The van der Waals surface area contributed by atoms with Crippen LogP contribution in [0.1, 0.15) is 25.0 Å². The van der Waals surface area contributed by atoms with Crippen LogP contribution < -0.4 is 5.32 Å². The van der Waals surface area contributed by atoms with Crippen molar-refractivity contribution in [3.05, 3.63) is 29.3 Å². The fourth-order valence-electron chi connectivity index (χ4n) is 1.38. The monoisotopic (exact) mass is 163 g/mol. The summed E-state index contributed by atoms with van der Waals surface area (Å²) in [5.41, 5.74) is 4.07. The summed E-state index contributed by atoms with van der Waals surface area (Å²) < 4.78 is 0. The molecule has 0 amide bonds. The molecule has 0 aromatic heterocycles. The van der Waals surface area contributed by atoms with E-state index in [1.54, 1.807) is 0 Å². The highest BCUT2D eigenvalue weighted by Crippen LogP contribution is 2.17. The minimum Gasteiger partial charge on any atom is -0.388 e. The summed E-state index contributed by atoms with van der Waals surface area (Å²) in [5.74, 6) is 0. The van der Waals surface area contributed by atoms with Gasteiger partial charge in [-0.3, -0.25) is 0 Å². The van der Waals surface area contributed by atoms with E-state index in [0.717, 1.165) is 12.8 Å². The van der Waals surface area contributed by atoms with Crippen molar-refractivity contribution in [3.63, 3.8) is 0 Å². The molecule has 1 aromatic rings. The minimum absolute atomic E-state index is 1.10. The standard InChI is InChI=1S/C11H17N/c1-4-9-6-7-10(5-2)11(8-9)12-3/h6-8,12H,4-5H2,1-3H3. The van der Waals surface area contributed by atoms with Gasteiger partial charge in [-0.05, 0) is 30.0 Å². The Kier molecular flexibility index (Phi) is 3.15. The predicted molar refractivity (Wildman–Crippen MR) is 54.7 cm³/mol. The molecule has 0 aliphatic heterocycles. The van der Waals surface area contributed by atoms with Crippen molar-refractivity contribution in [2.75, 3.05) is 12.4 Å². The average Bonchev–Trinajstić information content (AvgIpc) is 2.16. The van der Waals surface area contributed by atoms with E-state index < -0.39 is 0 Å². The van der Waals surface area contributed by atoms with Crippen molar-refractivity contribution >= 4 is 5.69 Å². The highest BCUT2D eigenvalue weighted by Gasteiger charge is 1.98. The molecular weight excluding hydrogens is 146 g/mol. The molecule has 0 unspecified atom stereocenters. The molecule has 1 N–H and O–H groups in total. The fraction of sp³-hybridized carbons (Fsp3) is 0.455. The van der Waals surface area contributed by atoms with Gasteiger partial charge in [0.1, 0.15) is 0 Å². The number of nitrogens with one attached hydrogen (secondary N) is 1. The molecule has 0 bridgehead atoms. The van der Waals surface area contributed by atoms with E-state index in [4.69, 9.17) is 0 Å². The van der Waals surface area contributed by atoms with Gasteiger partial charge in [0.15, 0.2) is 0 Å². The molecule has 0 heterocycles. The second-order valence-corrected chi connectivity index (χ2v) is 2.95. The lowest BCUT2D eigenvalue weighted by molar-refractivity contribution is 1.10. The van der Waals surface area contributed by atoms with Crippen LogP contribution in [0.15, 0.2) is 18.2 Å². The number of aryl methyl sites for hydroxylation is 2. The van der Waals surface area contributed by atoms with E-state index >= 15 is 0 Å². The topological polar surface area (TPSA) is 12.0 Å². The van der Waals surface area contributed by atoms with E-state index in [0.29, 0.717) is 0 Å². The maximum Gasteiger partial charge on any atom is 0.0372 e. The van der Waals surface area contributed by atoms with E-state index in [9.17, 15) is 0 Å². The minimum atomic E-state index is 1.10. The Bertz CT molecular complexity index is 253. The smallest absolute Gasteiger partial charge is 0.0372 e. The van der Waals surface area contributed by atoms with Gasteiger partial charge in [-0.1, -0.05) is 26.0 Å². The molecule has 1 nitrogen and oxygen atoms in total. The first-order valence-corrected chi connectivity index (χ1v) is 4.61. The van der Waals surface area contributed by atoms with Crippen LogP contribution in [0.3, 0.4) is 0 Å². The van der Waals surface area contributed by atoms with Crippen LogP contribution in [0.4, 0.5) is 5.69 Å². The van der Waals surface area contributed by atoms with Gasteiger partial charge in [0, 0.05) is 12.7 Å². The molecule has 0 radical (unpaired) electrons. The van der Waals surface area contributed by atoms with Crippen molar-refractivity contribution in [2.24, 2.45) is 0 Å². The third-order valence-electron chi connectivity index (χ3n) is 2.23. The third-order valence-corrected chi connectivity index (χ3v) is 2.23. The van der Waals surface area contributed by atoms with Crippen molar-refractivity contribution in [2.45, 2.75) is 26.7 Å². The van der Waals surface area contributed by atoms with Crippen LogP contribution in [-0.4, -0.2) is 7.05 Å². The Morgan fingerprint density at radius 1 is 1.17 bits per heavy atom. The Morgan fingerprint density at radius 2 is 1.92 bits per heavy atom. The lowest BCUT2D eigenvalue weighted by Crippen LogP contribution is -1.95. The Balaban J connectivity index is 3.02. The number of hydrogen-bond acceptors (Lipinski definition) is 1. The molecule has 0 saturated carbocycles. The molecule has 12 heavy (non-hydrogen) atoms. The molecule has 0 saturated heterocycles. The largest absolute Gasteiger partial charge is 0.388 e. The van der Waals surface area contributed by atoms with Gasteiger partial charge in [0.25, 0.3) is 0 Å². The molecule has 0 spiro atoms. The number of benzene rings is 1. The summed E-state index contributed by atoms with van der Waals surface area (Å²) in [6, 6.07) is 6.66. The Hall–Kier alpha value is -0.980. The Morgan fingerprint density at radius 3 is 2.42 bits per heavy atom. The first-order valence-electron chi connectivity index (χ1n) is 4.61. The summed E-state index contributed by atoms with van der Waals surface area (Å²) in [5, 5.41) is 3.22. The van der Waals surface area contributed by atoms with Crippen molar-refractivity contribution in [1.82, 2.24) is 0 Å². The molecule has 1 aromatic carbocycles. The molecule has 66 valence electrons. The highest BCUT2D eigenvalue weighted by molar-refractivity contribution is 5.52. The molecular formula is C11H17N. The van der Waals surface area contributed by atoms with Crippen LogP contribution in [-0.2, 0) is 12.8 Å². The number of rotatable bonds is 3. The maximum absolute atomic E-state index is 3.22. The van der Waals surface area contributed by atoms with E-state index in [1.807, 2.05) is 7.05 Å². The highest BCUT2D eigenvalue weighted by atomic mass is 14.8. The van der Waals surface area contributed by atoms with Gasteiger partial charge in [0.05, 0.1) is 0 Å². The maximum atomic E-state index is 3.22. The molecule has 1 rings (SSSR count). The zero-order chi connectivity index (χ0) is 8.97. The predicted octanol–water partition coefficient (Wildman–Crippen LogP) is 2.85. The van der Waals surface area contributed by atoms with Gasteiger partial charge in [-0.25, -0.2) is 0 Å². The molecule has 1 heteroatoms. The molecule has 0 aliphatic rings. The second-order valence-electron chi connectivity index (χ2n) is 2.95. The van der Waals surface area contributed by atoms with Crippen LogP contribution in [0.25, 0.3) is 0 Å². The molecule has 0 atom stereocenters. The van der Waals surface area contributed by atoms with E-state index in [-0.39, 0.29) is 0 Å². The van der Waals surface area contributed by atoms with E-state index in [2.05, 4.69) is 37.4 Å². The summed E-state index contributed by atoms with van der Waals surface area (Å²) in [6.07, 6.45) is 2.21. The summed E-state index contributed by atoms with van der Waals surface area (Å²) in [4.78, 5) is 0. The lowest BCUT2D eigenvalue weighted by Gasteiger charge is -2.08. The lowest BCUT2D eigenvalue weighted by atomic mass is 10.1. The number of hydrogen-bond donors (Lipinski definition) is 1. The Labute approximate surface area is 74.8 Å². The van der Waals surface area contributed by atoms with Crippen molar-refractivity contribution in [3.8, 4) is 0 Å². The summed E-state index contributed by atoms with van der Waals surface area (Å²) >= 11 is 0. The van der Waals surface area contributed by atoms with Crippen molar-refractivity contribution in [1.29, 1.82) is 0 Å². The fourth-order valence-corrected chi connectivity index (χ4v) is 1.38. The van der Waals surface area contributed by atoms with Gasteiger partial charge >= 0.3 is 0 Å². The zero-order valence-corrected chi connectivity index (χ0v) is 8.15. The summed E-state index contributed by atoms with van der Waals surface area (Å²) in [6.45, 7) is 4.36. The first-order chi connectivity index (χ1) is 5.81. The molecule has 0 aliphatic carbocycles. The second kappa shape index (κ2) is 4.15. The van der Waals surface area contributed by atoms with Gasteiger partial charge in [0.2, 0.25) is 0 Å². The van der Waals surface area contributed by atoms with Gasteiger partial charge < -0.3 is 5.32 Å². The average molecular weight is 163 g/mol. The van der Waals surface area contributed by atoms with Crippen LogP contribution >= 0.6 is 0 Å². The third kappa shape index (κ3) is 1.79. The quantitative estimate of drug-likeness (QED) is 0.722. The van der Waals surface area contributed by atoms with Crippen molar-refractivity contribution < 1.29 is 0 Å². The van der Waals surface area contributed by atoms with Crippen LogP contribution in [0.2, 0.25) is 0 Å². The van der Waals surface area contributed by atoms with E-state index in [1.165, 1.54) is 16.8 Å². The molecule has 0 fully saturated rings. The van der Waals surface area contributed by atoms with Crippen LogP contribution in [0, 0.1) is 0 Å². The first kappa shape index (κ1) is 9.11.